The van der Waals surface area contributed by atoms with Gasteiger partial charge in [-0.15, -0.1) is 0 Å². The van der Waals surface area contributed by atoms with Gasteiger partial charge in [0.05, 0.1) is 5.56 Å². The highest BCUT2D eigenvalue weighted by atomic mass is 19.1. The Hall–Kier alpha value is -2.20. The van der Waals surface area contributed by atoms with Gasteiger partial charge in [0.2, 0.25) is 0 Å². The minimum atomic E-state index is -0.395. The largest absolute Gasteiger partial charge is 0.456 e. The van der Waals surface area contributed by atoms with E-state index in [2.05, 4.69) is 0 Å². The summed E-state index contributed by atoms with van der Waals surface area (Å²) in [6, 6.07) is 10.3. The quantitative estimate of drug-likeness (QED) is 0.751. The highest BCUT2D eigenvalue weighted by Crippen LogP contribution is 2.31. The first-order chi connectivity index (χ1) is 9.54. The molecular weight excluding hydrogens is 260 g/mol. The van der Waals surface area contributed by atoms with Crippen LogP contribution in [0.1, 0.15) is 18.5 Å². The molecule has 4 heteroatoms. The zero-order valence-corrected chi connectivity index (χ0v) is 10.9. The molecule has 0 radical (unpaired) electrons. The van der Waals surface area contributed by atoms with Crippen LogP contribution in [0.2, 0.25) is 0 Å². The van der Waals surface area contributed by atoms with E-state index < -0.39 is 5.82 Å². The van der Waals surface area contributed by atoms with Crippen molar-refractivity contribution < 1.29 is 13.2 Å². The Kier molecular flexibility index (Phi) is 3.03. The lowest BCUT2D eigenvalue weighted by Crippen LogP contribution is -2.05. The number of fused-ring (bicyclic) bond motifs is 1. The Bertz CT molecular complexity index is 777. The Morgan fingerprint density at radius 2 is 1.85 bits per heavy atom. The lowest BCUT2D eigenvalue weighted by Gasteiger charge is -2.07. The number of furan rings is 1. The van der Waals surface area contributed by atoms with Gasteiger partial charge >= 0.3 is 0 Å². The van der Waals surface area contributed by atoms with E-state index in [1.54, 1.807) is 18.2 Å². The van der Waals surface area contributed by atoms with Gasteiger partial charge in [0, 0.05) is 11.4 Å². The van der Waals surface area contributed by atoms with Crippen molar-refractivity contribution in [1.29, 1.82) is 0 Å². The first-order valence-electron chi connectivity index (χ1n) is 6.29. The van der Waals surface area contributed by atoms with Crippen molar-refractivity contribution in [2.45, 2.75) is 13.0 Å². The zero-order valence-electron chi connectivity index (χ0n) is 10.9. The smallest absolute Gasteiger partial charge is 0.138 e. The fourth-order valence-corrected chi connectivity index (χ4v) is 2.16. The van der Waals surface area contributed by atoms with E-state index in [1.807, 2.05) is 6.92 Å². The summed E-state index contributed by atoms with van der Waals surface area (Å²) in [6.07, 6.45) is 0. The molecule has 102 valence electrons. The summed E-state index contributed by atoms with van der Waals surface area (Å²) >= 11 is 0. The third-order valence-electron chi connectivity index (χ3n) is 3.26. The van der Waals surface area contributed by atoms with Crippen LogP contribution in [-0.2, 0) is 0 Å². The number of benzene rings is 2. The molecule has 0 saturated heterocycles. The summed E-state index contributed by atoms with van der Waals surface area (Å²) in [6.45, 7) is 1.82. The van der Waals surface area contributed by atoms with Crippen molar-refractivity contribution in [3.05, 3.63) is 59.7 Å². The maximum absolute atomic E-state index is 14.0. The van der Waals surface area contributed by atoms with Gasteiger partial charge in [-0.3, -0.25) is 0 Å². The predicted octanol–water partition coefficient (Wildman–Crippen LogP) is 4.40. The van der Waals surface area contributed by atoms with Crippen molar-refractivity contribution >= 4 is 11.0 Å². The van der Waals surface area contributed by atoms with Gasteiger partial charge < -0.3 is 10.2 Å². The summed E-state index contributed by atoms with van der Waals surface area (Å²) in [5, 5.41) is 0.602. The minimum absolute atomic E-state index is 0.198. The van der Waals surface area contributed by atoms with Crippen LogP contribution < -0.4 is 5.73 Å². The molecule has 1 aromatic heterocycles. The second kappa shape index (κ2) is 4.72. The molecule has 0 aliphatic carbocycles. The Balaban J connectivity index is 2.17. The van der Waals surface area contributed by atoms with Gasteiger partial charge in [-0.1, -0.05) is 6.07 Å². The van der Waals surface area contributed by atoms with Gasteiger partial charge in [0.1, 0.15) is 23.0 Å². The van der Waals surface area contributed by atoms with Crippen LogP contribution in [0.3, 0.4) is 0 Å². The molecule has 1 heterocycles. The number of halogens is 2. The third-order valence-corrected chi connectivity index (χ3v) is 3.26. The number of hydrogen-bond donors (Lipinski definition) is 1. The normalized spacial score (nSPS) is 12.8. The van der Waals surface area contributed by atoms with Crippen molar-refractivity contribution in [3.63, 3.8) is 0 Å². The van der Waals surface area contributed by atoms with E-state index in [4.69, 9.17) is 10.2 Å². The Labute approximate surface area is 114 Å². The lowest BCUT2D eigenvalue weighted by molar-refractivity contribution is 0.598. The molecule has 20 heavy (non-hydrogen) atoms. The van der Waals surface area contributed by atoms with Gasteiger partial charge in [-0.2, -0.15) is 0 Å². The zero-order chi connectivity index (χ0) is 14.3. The molecule has 0 fully saturated rings. The van der Waals surface area contributed by atoms with Gasteiger partial charge in [-0.25, -0.2) is 8.78 Å². The Morgan fingerprint density at radius 3 is 2.60 bits per heavy atom. The predicted molar refractivity (Wildman–Crippen MR) is 74.2 cm³/mol. The molecule has 0 aliphatic heterocycles. The van der Waals surface area contributed by atoms with Gasteiger partial charge in [0.15, 0.2) is 0 Å². The summed E-state index contributed by atoms with van der Waals surface area (Å²) in [7, 11) is 0. The van der Waals surface area contributed by atoms with Crippen LogP contribution in [0.5, 0.6) is 0 Å². The summed E-state index contributed by atoms with van der Waals surface area (Å²) in [4.78, 5) is 0. The molecule has 0 amide bonds. The topological polar surface area (TPSA) is 39.2 Å². The number of nitrogens with two attached hydrogens (primary N) is 1. The van der Waals surface area contributed by atoms with Crippen molar-refractivity contribution in [1.82, 2.24) is 0 Å². The van der Waals surface area contributed by atoms with Crippen molar-refractivity contribution in [2.75, 3.05) is 0 Å². The monoisotopic (exact) mass is 273 g/mol. The van der Waals surface area contributed by atoms with Crippen LogP contribution in [0.4, 0.5) is 8.78 Å². The lowest BCUT2D eigenvalue weighted by atomic mass is 10.0. The highest BCUT2D eigenvalue weighted by molar-refractivity contribution is 5.83. The SMILES string of the molecule is CC(N)c1ccc(F)c(-c2cc3cc(F)ccc3o2)c1. The van der Waals surface area contributed by atoms with Crippen LogP contribution in [0.15, 0.2) is 46.9 Å². The first kappa shape index (κ1) is 12.8. The summed E-state index contributed by atoms with van der Waals surface area (Å²) in [5.74, 6) is -0.380. The number of hydrogen-bond acceptors (Lipinski definition) is 2. The molecule has 2 N–H and O–H groups in total. The van der Waals surface area contributed by atoms with Gasteiger partial charge in [0.25, 0.3) is 0 Å². The van der Waals surface area contributed by atoms with E-state index in [0.29, 0.717) is 22.3 Å². The van der Waals surface area contributed by atoms with Crippen LogP contribution in [0.25, 0.3) is 22.3 Å². The van der Waals surface area contributed by atoms with E-state index >= 15 is 0 Å². The van der Waals surface area contributed by atoms with Gasteiger partial charge in [-0.05, 0) is 48.9 Å². The second-order valence-corrected chi connectivity index (χ2v) is 4.82. The van der Waals surface area contributed by atoms with E-state index in [-0.39, 0.29) is 11.9 Å². The third kappa shape index (κ3) is 2.18. The summed E-state index contributed by atoms with van der Waals surface area (Å²) in [5.41, 5.74) is 7.47. The molecular formula is C16H13F2NO. The Morgan fingerprint density at radius 1 is 1.05 bits per heavy atom. The fourth-order valence-electron chi connectivity index (χ4n) is 2.16. The summed E-state index contributed by atoms with van der Waals surface area (Å²) < 4.78 is 32.7. The maximum Gasteiger partial charge on any atom is 0.138 e. The average molecular weight is 273 g/mol. The molecule has 0 bridgehead atoms. The highest BCUT2D eigenvalue weighted by Gasteiger charge is 2.13. The molecule has 0 saturated carbocycles. The minimum Gasteiger partial charge on any atom is -0.456 e. The van der Waals surface area contributed by atoms with Crippen LogP contribution in [-0.4, -0.2) is 0 Å². The van der Waals surface area contributed by atoms with E-state index in [0.717, 1.165) is 5.56 Å². The van der Waals surface area contributed by atoms with E-state index in [9.17, 15) is 8.78 Å². The molecule has 1 atom stereocenters. The maximum atomic E-state index is 14.0. The van der Waals surface area contributed by atoms with Crippen molar-refractivity contribution in [2.24, 2.45) is 5.73 Å². The molecule has 1 unspecified atom stereocenters. The average Bonchev–Trinajstić information content (AvgIpc) is 2.81. The second-order valence-electron chi connectivity index (χ2n) is 4.82. The standard InChI is InChI=1S/C16H13F2NO/c1-9(19)10-2-4-14(18)13(7-10)16-8-11-6-12(17)3-5-15(11)20-16/h2-9H,19H2,1H3. The molecule has 3 aromatic rings. The molecule has 2 aromatic carbocycles. The molecule has 0 spiro atoms. The first-order valence-corrected chi connectivity index (χ1v) is 6.29. The fraction of sp³-hybridized carbons (Fsp3) is 0.125. The van der Waals surface area contributed by atoms with E-state index in [1.165, 1.54) is 24.3 Å². The van der Waals surface area contributed by atoms with Crippen LogP contribution >= 0.6 is 0 Å². The molecule has 0 aliphatic rings. The molecule has 3 rings (SSSR count). The molecule has 2 nitrogen and oxygen atoms in total. The van der Waals surface area contributed by atoms with Crippen molar-refractivity contribution in [3.8, 4) is 11.3 Å². The number of rotatable bonds is 2. The van der Waals surface area contributed by atoms with Crippen LogP contribution in [0, 0.1) is 11.6 Å².